The normalized spacial score (nSPS) is 10.2. The lowest BCUT2D eigenvalue weighted by atomic mass is 10.2. The fourth-order valence-electron chi connectivity index (χ4n) is 2.27. The Morgan fingerprint density at radius 1 is 1.15 bits per heavy atom. The molecule has 0 saturated carbocycles. The molecular weight excluding hydrogens is 254 g/mol. The van der Waals surface area contributed by atoms with Crippen LogP contribution in [0.3, 0.4) is 0 Å². The lowest BCUT2D eigenvalue weighted by Crippen LogP contribution is -2.03. The predicted octanol–water partition coefficient (Wildman–Crippen LogP) is 2.57. The van der Waals surface area contributed by atoms with Crippen molar-refractivity contribution in [1.82, 2.24) is 4.57 Å². The number of benzene rings is 1. The molecule has 5 heteroatoms. The van der Waals surface area contributed by atoms with E-state index in [2.05, 4.69) is 6.07 Å². The van der Waals surface area contributed by atoms with Gasteiger partial charge < -0.3 is 15.2 Å². The maximum atomic E-state index is 9.18. The monoisotopic (exact) mass is 271 g/mol. The first-order valence-electron chi connectivity index (χ1n) is 6.15. The van der Waals surface area contributed by atoms with Crippen molar-refractivity contribution in [3.8, 4) is 23.3 Å². The number of hydrogen-bond acceptors (Lipinski definition) is 4. The van der Waals surface area contributed by atoms with E-state index in [1.165, 1.54) is 0 Å². The maximum Gasteiger partial charge on any atom is 0.162 e. The van der Waals surface area contributed by atoms with Crippen LogP contribution in [0.2, 0.25) is 0 Å². The highest BCUT2D eigenvalue weighted by molar-refractivity contribution is 5.63. The van der Waals surface area contributed by atoms with Gasteiger partial charge in [0.05, 0.1) is 25.5 Å². The van der Waals surface area contributed by atoms with E-state index in [1.807, 2.05) is 36.6 Å². The number of nitrogens with two attached hydrogens (primary N) is 1. The molecule has 2 N–H and O–H groups in total. The number of anilines is 1. The van der Waals surface area contributed by atoms with E-state index in [4.69, 9.17) is 15.2 Å². The van der Waals surface area contributed by atoms with Crippen LogP contribution in [0.5, 0.6) is 11.5 Å². The molecule has 0 unspecified atom stereocenters. The summed E-state index contributed by atoms with van der Waals surface area (Å²) in [6.07, 6.45) is 0. The lowest BCUT2D eigenvalue weighted by Gasteiger charge is -2.13. The Morgan fingerprint density at radius 2 is 1.80 bits per heavy atom. The average molecular weight is 271 g/mol. The third kappa shape index (κ3) is 1.95. The molecule has 0 aliphatic carbocycles. The van der Waals surface area contributed by atoms with Crippen molar-refractivity contribution in [2.24, 2.45) is 0 Å². The molecule has 0 aliphatic rings. The minimum atomic E-state index is 0.440. The zero-order valence-electron chi connectivity index (χ0n) is 12.0. The number of nitrogens with zero attached hydrogens (tertiary/aromatic N) is 2. The van der Waals surface area contributed by atoms with Gasteiger partial charge in [0.25, 0.3) is 0 Å². The quantitative estimate of drug-likeness (QED) is 0.931. The topological polar surface area (TPSA) is 73.2 Å². The van der Waals surface area contributed by atoms with Crippen LogP contribution < -0.4 is 15.2 Å². The van der Waals surface area contributed by atoms with Gasteiger partial charge in [0, 0.05) is 11.8 Å². The SMILES string of the molecule is COc1ccc(-n2c(C)c(C)c(C#N)c2N)cc1OC. The molecule has 2 rings (SSSR count). The van der Waals surface area contributed by atoms with Crippen molar-refractivity contribution in [3.63, 3.8) is 0 Å². The molecule has 5 nitrogen and oxygen atoms in total. The molecule has 0 saturated heterocycles. The summed E-state index contributed by atoms with van der Waals surface area (Å²) < 4.78 is 12.4. The van der Waals surface area contributed by atoms with E-state index in [-0.39, 0.29) is 0 Å². The van der Waals surface area contributed by atoms with Crippen molar-refractivity contribution in [3.05, 3.63) is 35.0 Å². The van der Waals surface area contributed by atoms with Crippen LogP contribution in [0.15, 0.2) is 18.2 Å². The van der Waals surface area contributed by atoms with E-state index >= 15 is 0 Å². The number of nitriles is 1. The number of hydrogen-bond donors (Lipinski definition) is 1. The molecule has 0 fully saturated rings. The highest BCUT2D eigenvalue weighted by atomic mass is 16.5. The van der Waals surface area contributed by atoms with Gasteiger partial charge in [-0.05, 0) is 31.5 Å². The second-order valence-corrected chi connectivity index (χ2v) is 4.46. The fraction of sp³-hybridized carbons (Fsp3) is 0.267. The fourth-order valence-corrected chi connectivity index (χ4v) is 2.27. The standard InChI is InChI=1S/C15H17N3O2/c1-9-10(2)18(15(17)12(9)8-16)11-5-6-13(19-3)14(7-11)20-4/h5-7H,17H2,1-4H3. The number of nitrogen functional groups attached to an aromatic ring is 1. The van der Waals surface area contributed by atoms with E-state index in [1.54, 1.807) is 14.2 Å². The van der Waals surface area contributed by atoms with Crippen molar-refractivity contribution in [2.45, 2.75) is 13.8 Å². The number of methoxy groups -OCH3 is 2. The zero-order valence-corrected chi connectivity index (χ0v) is 12.0. The minimum absolute atomic E-state index is 0.440. The van der Waals surface area contributed by atoms with Crippen LogP contribution in [0.4, 0.5) is 5.82 Å². The smallest absolute Gasteiger partial charge is 0.162 e. The summed E-state index contributed by atoms with van der Waals surface area (Å²) in [5, 5.41) is 9.18. The molecule has 20 heavy (non-hydrogen) atoms. The van der Waals surface area contributed by atoms with E-state index in [9.17, 15) is 5.26 Å². The van der Waals surface area contributed by atoms with Gasteiger partial charge in [0.2, 0.25) is 0 Å². The molecular formula is C15H17N3O2. The number of rotatable bonds is 3. The van der Waals surface area contributed by atoms with Crippen molar-refractivity contribution in [1.29, 1.82) is 5.26 Å². The Hall–Kier alpha value is -2.61. The van der Waals surface area contributed by atoms with E-state index in [0.717, 1.165) is 16.9 Å². The van der Waals surface area contributed by atoms with Crippen LogP contribution >= 0.6 is 0 Å². The first-order chi connectivity index (χ1) is 9.54. The Bertz CT molecular complexity index is 696. The van der Waals surface area contributed by atoms with Crippen LogP contribution in [-0.2, 0) is 0 Å². The lowest BCUT2D eigenvalue weighted by molar-refractivity contribution is 0.355. The predicted molar refractivity (Wildman–Crippen MR) is 77.5 cm³/mol. The highest BCUT2D eigenvalue weighted by Crippen LogP contribution is 2.33. The van der Waals surface area contributed by atoms with Gasteiger partial charge in [-0.15, -0.1) is 0 Å². The Balaban J connectivity index is 2.67. The molecule has 1 aromatic carbocycles. The largest absolute Gasteiger partial charge is 0.493 e. The molecule has 0 amide bonds. The molecule has 0 atom stereocenters. The van der Waals surface area contributed by atoms with Crippen molar-refractivity contribution in [2.75, 3.05) is 20.0 Å². The van der Waals surface area contributed by atoms with Crippen molar-refractivity contribution >= 4 is 5.82 Å². The van der Waals surface area contributed by atoms with Crippen LogP contribution in [0.25, 0.3) is 5.69 Å². The Morgan fingerprint density at radius 3 is 2.30 bits per heavy atom. The maximum absolute atomic E-state index is 9.18. The van der Waals surface area contributed by atoms with Gasteiger partial charge in [-0.25, -0.2) is 0 Å². The third-order valence-electron chi connectivity index (χ3n) is 3.49. The van der Waals surface area contributed by atoms with Crippen LogP contribution in [0, 0.1) is 25.2 Å². The van der Waals surface area contributed by atoms with Gasteiger partial charge in [-0.1, -0.05) is 0 Å². The zero-order chi connectivity index (χ0) is 14.9. The van der Waals surface area contributed by atoms with Crippen LogP contribution in [-0.4, -0.2) is 18.8 Å². The summed E-state index contributed by atoms with van der Waals surface area (Å²) in [4.78, 5) is 0. The number of aromatic nitrogens is 1. The first kappa shape index (κ1) is 13.8. The average Bonchev–Trinajstić information content (AvgIpc) is 2.68. The molecule has 0 aliphatic heterocycles. The molecule has 104 valence electrons. The summed E-state index contributed by atoms with van der Waals surface area (Å²) in [6.45, 7) is 3.82. The Labute approximate surface area is 118 Å². The van der Waals surface area contributed by atoms with Crippen LogP contribution in [0.1, 0.15) is 16.8 Å². The molecule has 2 aromatic rings. The summed E-state index contributed by atoms with van der Waals surface area (Å²) >= 11 is 0. The van der Waals surface area contributed by atoms with Gasteiger partial charge in [-0.3, -0.25) is 4.57 Å². The summed E-state index contributed by atoms with van der Waals surface area (Å²) in [5.74, 6) is 1.71. The molecule has 0 radical (unpaired) electrons. The molecule has 0 spiro atoms. The van der Waals surface area contributed by atoms with E-state index < -0.39 is 0 Å². The highest BCUT2D eigenvalue weighted by Gasteiger charge is 2.17. The molecule has 1 heterocycles. The molecule has 0 bridgehead atoms. The van der Waals surface area contributed by atoms with Gasteiger partial charge in [-0.2, -0.15) is 5.26 Å². The summed E-state index contributed by atoms with van der Waals surface area (Å²) in [7, 11) is 3.17. The second-order valence-electron chi connectivity index (χ2n) is 4.46. The summed E-state index contributed by atoms with van der Waals surface area (Å²) in [5.41, 5.74) is 9.25. The minimum Gasteiger partial charge on any atom is -0.493 e. The number of ether oxygens (including phenoxy) is 2. The van der Waals surface area contributed by atoms with Crippen molar-refractivity contribution < 1.29 is 9.47 Å². The third-order valence-corrected chi connectivity index (χ3v) is 3.49. The van der Waals surface area contributed by atoms with Gasteiger partial charge in [0.1, 0.15) is 11.9 Å². The molecule has 1 aromatic heterocycles. The second kappa shape index (κ2) is 5.17. The van der Waals surface area contributed by atoms with E-state index in [0.29, 0.717) is 22.9 Å². The van der Waals surface area contributed by atoms with Gasteiger partial charge >= 0.3 is 0 Å². The summed E-state index contributed by atoms with van der Waals surface area (Å²) in [6, 6.07) is 7.67. The van der Waals surface area contributed by atoms with Gasteiger partial charge in [0.15, 0.2) is 11.5 Å². The Kier molecular flexibility index (Phi) is 3.57. The first-order valence-corrected chi connectivity index (χ1v) is 6.15.